The summed E-state index contributed by atoms with van der Waals surface area (Å²) in [5.74, 6) is 0.999. The maximum absolute atomic E-state index is 6.05. The zero-order chi connectivity index (χ0) is 19.1. The number of thiophene rings is 1. The molecule has 0 amide bonds. The topological polar surface area (TPSA) is 49.3 Å². The van der Waals surface area contributed by atoms with Gasteiger partial charge in [-0.2, -0.15) is 0 Å². The van der Waals surface area contributed by atoms with Crippen LogP contribution in [0.4, 0.5) is 0 Å². The molecule has 1 aromatic heterocycles. The Morgan fingerprint density at radius 3 is 2.63 bits per heavy atom. The van der Waals surface area contributed by atoms with Crippen LogP contribution in [0.5, 0.6) is 0 Å². The zero-order valence-electron chi connectivity index (χ0n) is 16.4. The monoisotopic (exact) mass is 414 g/mol. The van der Waals surface area contributed by atoms with E-state index in [-0.39, 0.29) is 5.60 Å². The van der Waals surface area contributed by atoms with Crippen LogP contribution >= 0.6 is 22.9 Å². The molecule has 2 fully saturated rings. The first-order valence-electron chi connectivity index (χ1n) is 9.77. The first-order valence-corrected chi connectivity index (χ1v) is 11.0. The van der Waals surface area contributed by atoms with Crippen molar-refractivity contribution in [3.05, 3.63) is 21.3 Å². The highest BCUT2D eigenvalue weighted by Gasteiger charge is 2.32. The van der Waals surface area contributed by atoms with Crippen molar-refractivity contribution in [2.45, 2.75) is 31.9 Å². The maximum Gasteiger partial charge on any atom is 0.194 e. The molecule has 1 aromatic rings. The Balaban J connectivity index is 1.55. The summed E-state index contributed by atoms with van der Waals surface area (Å²) in [6, 6.07) is 4.11. The predicted molar refractivity (Wildman–Crippen MR) is 112 cm³/mol. The zero-order valence-corrected chi connectivity index (χ0v) is 17.9. The summed E-state index contributed by atoms with van der Waals surface area (Å²) in [6.07, 6.45) is 1.81. The summed E-state index contributed by atoms with van der Waals surface area (Å²) in [7, 11) is 1.80. The molecule has 3 heterocycles. The van der Waals surface area contributed by atoms with Gasteiger partial charge in [0.15, 0.2) is 5.96 Å². The van der Waals surface area contributed by atoms with Crippen LogP contribution in [0.1, 0.15) is 24.6 Å². The molecule has 2 saturated heterocycles. The third-order valence-corrected chi connectivity index (χ3v) is 6.58. The standard InChI is InChI=1S/C19H31ClN4O2S/c1-3-21-18(22-15-19(25-2)6-12-26-13-7-19)24-10-8-23(9-11-24)14-16-4-5-17(20)27-16/h4-5H,3,6-15H2,1-2H3,(H,21,22). The molecule has 0 saturated carbocycles. The Labute approximate surface area is 171 Å². The first-order chi connectivity index (χ1) is 13.1. The van der Waals surface area contributed by atoms with Gasteiger partial charge < -0.3 is 19.7 Å². The van der Waals surface area contributed by atoms with Gasteiger partial charge in [-0.1, -0.05) is 11.6 Å². The van der Waals surface area contributed by atoms with E-state index < -0.39 is 0 Å². The largest absolute Gasteiger partial charge is 0.381 e. The summed E-state index contributed by atoms with van der Waals surface area (Å²) in [4.78, 5) is 11.1. The van der Waals surface area contributed by atoms with E-state index in [0.717, 1.165) is 75.6 Å². The molecule has 0 atom stereocenters. The highest BCUT2D eigenvalue weighted by atomic mass is 35.5. The van der Waals surface area contributed by atoms with Gasteiger partial charge in [-0.3, -0.25) is 9.89 Å². The molecule has 3 rings (SSSR count). The van der Waals surface area contributed by atoms with E-state index in [1.807, 2.05) is 6.07 Å². The number of ether oxygens (including phenoxy) is 2. The fourth-order valence-corrected chi connectivity index (χ4v) is 4.72. The van der Waals surface area contributed by atoms with Gasteiger partial charge in [0.2, 0.25) is 0 Å². The fraction of sp³-hybridized carbons (Fsp3) is 0.737. The van der Waals surface area contributed by atoms with Crippen LogP contribution in [0, 0.1) is 0 Å². The highest BCUT2D eigenvalue weighted by Crippen LogP contribution is 2.25. The molecule has 0 unspecified atom stereocenters. The van der Waals surface area contributed by atoms with Gasteiger partial charge in [0, 0.05) is 77.3 Å². The molecule has 0 spiro atoms. The van der Waals surface area contributed by atoms with Crippen LogP contribution in [0.2, 0.25) is 4.34 Å². The van der Waals surface area contributed by atoms with E-state index in [4.69, 9.17) is 26.1 Å². The highest BCUT2D eigenvalue weighted by molar-refractivity contribution is 7.16. The first kappa shape index (κ1) is 20.9. The molecule has 0 bridgehead atoms. The molecule has 6 nitrogen and oxygen atoms in total. The SMILES string of the molecule is CCNC(=NCC1(OC)CCOCC1)N1CCN(Cc2ccc(Cl)s2)CC1. The molecule has 2 aliphatic rings. The lowest BCUT2D eigenvalue weighted by Gasteiger charge is -2.38. The van der Waals surface area contributed by atoms with Crippen molar-refractivity contribution >= 4 is 28.9 Å². The van der Waals surface area contributed by atoms with Crippen molar-refractivity contribution in [1.29, 1.82) is 0 Å². The van der Waals surface area contributed by atoms with E-state index in [1.165, 1.54) is 4.88 Å². The summed E-state index contributed by atoms with van der Waals surface area (Å²) >= 11 is 7.72. The van der Waals surface area contributed by atoms with Gasteiger partial charge in [-0.15, -0.1) is 11.3 Å². The summed E-state index contributed by atoms with van der Waals surface area (Å²) in [6.45, 7) is 10.2. The molecular formula is C19H31ClN4O2S. The van der Waals surface area contributed by atoms with E-state index >= 15 is 0 Å². The second kappa shape index (κ2) is 10.1. The molecule has 0 radical (unpaired) electrons. The minimum atomic E-state index is -0.181. The van der Waals surface area contributed by atoms with Gasteiger partial charge >= 0.3 is 0 Å². The minimum absolute atomic E-state index is 0.181. The average Bonchev–Trinajstić information content (AvgIpc) is 3.11. The van der Waals surface area contributed by atoms with Crippen molar-refractivity contribution in [2.75, 3.05) is 59.6 Å². The number of nitrogens with zero attached hydrogens (tertiary/aromatic N) is 3. The number of piperazine rings is 1. The van der Waals surface area contributed by atoms with Crippen molar-refractivity contribution in [3.8, 4) is 0 Å². The second-order valence-corrected chi connectivity index (χ2v) is 8.94. The number of halogens is 1. The number of hydrogen-bond acceptors (Lipinski definition) is 5. The van der Waals surface area contributed by atoms with Gasteiger partial charge in [-0.25, -0.2) is 0 Å². The van der Waals surface area contributed by atoms with Crippen molar-refractivity contribution in [3.63, 3.8) is 0 Å². The van der Waals surface area contributed by atoms with Crippen LogP contribution in [-0.4, -0.2) is 81.0 Å². The van der Waals surface area contributed by atoms with Crippen LogP contribution in [0.15, 0.2) is 17.1 Å². The molecule has 27 heavy (non-hydrogen) atoms. The number of methoxy groups -OCH3 is 1. The van der Waals surface area contributed by atoms with Gasteiger partial charge in [0.1, 0.15) is 0 Å². The molecular weight excluding hydrogens is 384 g/mol. The van der Waals surface area contributed by atoms with E-state index in [0.29, 0.717) is 6.54 Å². The molecule has 0 aliphatic carbocycles. The molecule has 1 N–H and O–H groups in total. The average molecular weight is 415 g/mol. The smallest absolute Gasteiger partial charge is 0.194 e. The maximum atomic E-state index is 6.05. The number of nitrogens with one attached hydrogen (secondary N) is 1. The lowest BCUT2D eigenvalue weighted by atomic mass is 9.94. The van der Waals surface area contributed by atoms with Gasteiger partial charge in [-0.05, 0) is 19.1 Å². The molecule has 8 heteroatoms. The lowest BCUT2D eigenvalue weighted by molar-refractivity contribution is -0.0829. The van der Waals surface area contributed by atoms with Crippen molar-refractivity contribution in [2.24, 2.45) is 4.99 Å². The van der Waals surface area contributed by atoms with Crippen LogP contribution < -0.4 is 5.32 Å². The quantitative estimate of drug-likeness (QED) is 0.573. The predicted octanol–water partition coefficient (Wildman–Crippen LogP) is 2.68. The van der Waals surface area contributed by atoms with Crippen LogP contribution in [-0.2, 0) is 16.0 Å². The van der Waals surface area contributed by atoms with E-state index in [2.05, 4.69) is 28.1 Å². The molecule has 0 aromatic carbocycles. The third-order valence-electron chi connectivity index (χ3n) is 5.37. The summed E-state index contributed by atoms with van der Waals surface area (Å²) in [5, 5.41) is 3.46. The Bertz CT molecular complexity index is 611. The fourth-order valence-electron chi connectivity index (χ4n) is 3.59. The number of aliphatic imine (C=N–C) groups is 1. The van der Waals surface area contributed by atoms with E-state index in [9.17, 15) is 0 Å². The summed E-state index contributed by atoms with van der Waals surface area (Å²) < 4.78 is 12.2. The van der Waals surface area contributed by atoms with Gasteiger partial charge in [0.05, 0.1) is 16.5 Å². The Morgan fingerprint density at radius 1 is 1.30 bits per heavy atom. The lowest BCUT2D eigenvalue weighted by Crippen LogP contribution is -2.52. The Morgan fingerprint density at radius 2 is 2.04 bits per heavy atom. The number of guanidine groups is 1. The minimum Gasteiger partial charge on any atom is -0.381 e. The van der Waals surface area contributed by atoms with Crippen molar-refractivity contribution < 1.29 is 9.47 Å². The third kappa shape index (κ3) is 5.81. The van der Waals surface area contributed by atoms with Crippen molar-refractivity contribution in [1.82, 2.24) is 15.1 Å². The number of rotatable bonds is 6. The van der Waals surface area contributed by atoms with E-state index in [1.54, 1.807) is 18.4 Å². The Kier molecular flexibility index (Phi) is 7.78. The second-order valence-electron chi connectivity index (χ2n) is 7.14. The number of hydrogen-bond donors (Lipinski definition) is 1. The van der Waals surface area contributed by atoms with Crippen LogP contribution in [0.3, 0.4) is 0 Å². The molecule has 152 valence electrons. The molecule has 2 aliphatic heterocycles. The van der Waals surface area contributed by atoms with Gasteiger partial charge in [0.25, 0.3) is 0 Å². The van der Waals surface area contributed by atoms with Crippen LogP contribution in [0.25, 0.3) is 0 Å². The normalized spacial score (nSPS) is 21.4. The Hall–Kier alpha value is -0.860. The summed E-state index contributed by atoms with van der Waals surface area (Å²) in [5.41, 5.74) is -0.181.